The molecular weight excluding hydrogens is 383 g/mol. The van der Waals surface area contributed by atoms with Crippen molar-refractivity contribution in [3.8, 4) is 0 Å². The molecular formula is C17H22ClFN2O4S. The molecule has 0 saturated carbocycles. The average molecular weight is 405 g/mol. The van der Waals surface area contributed by atoms with Gasteiger partial charge in [0, 0.05) is 26.6 Å². The van der Waals surface area contributed by atoms with Crippen LogP contribution in [-0.2, 0) is 25.8 Å². The monoisotopic (exact) mass is 404 g/mol. The second-order valence-electron chi connectivity index (χ2n) is 6.31. The second kappa shape index (κ2) is 8.81. The number of hydrogen-bond donors (Lipinski definition) is 1. The number of rotatable bonds is 6. The Bertz CT molecular complexity index is 777. The van der Waals surface area contributed by atoms with Crippen molar-refractivity contribution in [3.05, 3.63) is 34.6 Å². The van der Waals surface area contributed by atoms with E-state index in [9.17, 15) is 22.4 Å². The molecule has 1 aromatic rings. The molecule has 1 N–H and O–H groups in total. The molecule has 26 heavy (non-hydrogen) atoms. The van der Waals surface area contributed by atoms with Crippen molar-refractivity contribution in [3.63, 3.8) is 0 Å². The molecule has 9 heteroatoms. The van der Waals surface area contributed by atoms with E-state index in [2.05, 4.69) is 5.32 Å². The number of piperidine rings is 1. The number of nitrogens with zero attached hydrogens (tertiary/aromatic N) is 1. The molecule has 1 saturated heterocycles. The normalized spacial score (nSPS) is 15.7. The fraction of sp³-hybridized carbons (Fsp3) is 0.529. The molecule has 1 aliphatic rings. The minimum atomic E-state index is -3.51. The minimum absolute atomic E-state index is 0.0418. The molecule has 1 aromatic carbocycles. The summed E-state index contributed by atoms with van der Waals surface area (Å²) in [5, 5.41) is 1.75. The van der Waals surface area contributed by atoms with E-state index in [0.29, 0.717) is 37.9 Å². The number of carbonyl (C=O) groups excluding carboxylic acids is 2. The molecule has 0 bridgehead atoms. The van der Waals surface area contributed by atoms with Gasteiger partial charge in [-0.3, -0.25) is 9.59 Å². The van der Waals surface area contributed by atoms with Crippen LogP contribution < -0.4 is 5.32 Å². The first-order valence-corrected chi connectivity index (χ1v) is 10.5. The number of carbonyl (C=O) groups is 2. The Morgan fingerprint density at radius 1 is 1.31 bits per heavy atom. The van der Waals surface area contributed by atoms with E-state index in [1.165, 1.54) is 19.2 Å². The molecule has 0 atom stereocenters. The third kappa shape index (κ3) is 5.41. The summed E-state index contributed by atoms with van der Waals surface area (Å²) in [6.07, 6.45) is 1.25. The maximum atomic E-state index is 13.4. The van der Waals surface area contributed by atoms with E-state index in [1.54, 1.807) is 11.0 Å². The zero-order valence-electron chi connectivity index (χ0n) is 14.5. The molecule has 144 valence electrons. The molecule has 2 rings (SSSR count). The molecule has 1 fully saturated rings. The fourth-order valence-corrected chi connectivity index (χ4v) is 4.73. The zero-order valence-corrected chi connectivity index (χ0v) is 16.1. The standard InChI is InChI=1S/C17H22ClFN2O4S/c1-20-16(22)11-26(24,25)13-6-8-21(9-7-13)17(23)5-3-12-2-4-14(18)15(19)10-12/h2,4,10,13H,3,5-9,11H2,1H3,(H,20,22). The maximum absolute atomic E-state index is 13.4. The first-order chi connectivity index (χ1) is 12.2. The van der Waals surface area contributed by atoms with Crippen LogP contribution in [0.25, 0.3) is 0 Å². The summed E-state index contributed by atoms with van der Waals surface area (Å²) in [4.78, 5) is 25.2. The van der Waals surface area contributed by atoms with Gasteiger partial charge in [0.2, 0.25) is 11.8 Å². The fourth-order valence-electron chi connectivity index (χ4n) is 2.94. The van der Waals surface area contributed by atoms with Crippen molar-refractivity contribution < 1.29 is 22.4 Å². The Hall–Kier alpha value is -1.67. The molecule has 0 aromatic heterocycles. The highest BCUT2D eigenvalue weighted by Gasteiger charge is 2.32. The van der Waals surface area contributed by atoms with Gasteiger partial charge in [0.1, 0.15) is 11.6 Å². The van der Waals surface area contributed by atoms with Crippen LogP contribution in [0.15, 0.2) is 18.2 Å². The average Bonchev–Trinajstić information content (AvgIpc) is 2.62. The Balaban J connectivity index is 1.84. The molecule has 1 aliphatic heterocycles. The minimum Gasteiger partial charge on any atom is -0.358 e. The van der Waals surface area contributed by atoms with Crippen LogP contribution in [0.1, 0.15) is 24.8 Å². The quantitative estimate of drug-likeness (QED) is 0.780. The van der Waals surface area contributed by atoms with Crippen LogP contribution in [0.5, 0.6) is 0 Å². The molecule has 0 radical (unpaired) electrons. The number of sulfone groups is 1. The van der Waals surface area contributed by atoms with Crippen molar-refractivity contribution >= 4 is 33.3 Å². The zero-order chi connectivity index (χ0) is 19.3. The van der Waals surface area contributed by atoms with E-state index < -0.39 is 32.6 Å². The molecule has 1 heterocycles. The van der Waals surface area contributed by atoms with E-state index >= 15 is 0 Å². The van der Waals surface area contributed by atoms with E-state index in [-0.39, 0.29) is 17.4 Å². The largest absolute Gasteiger partial charge is 0.358 e. The van der Waals surface area contributed by atoms with E-state index in [4.69, 9.17) is 11.6 Å². The van der Waals surface area contributed by atoms with Crippen LogP contribution in [0.3, 0.4) is 0 Å². The number of amides is 2. The third-order valence-electron chi connectivity index (χ3n) is 4.53. The SMILES string of the molecule is CNC(=O)CS(=O)(=O)C1CCN(C(=O)CCc2ccc(Cl)c(F)c2)CC1. The summed E-state index contributed by atoms with van der Waals surface area (Å²) in [6.45, 7) is 0.677. The first kappa shape index (κ1) is 20.6. The van der Waals surface area contributed by atoms with Crippen LogP contribution in [0.4, 0.5) is 4.39 Å². The van der Waals surface area contributed by atoms with Gasteiger partial charge in [0.05, 0.1) is 10.3 Å². The van der Waals surface area contributed by atoms with Gasteiger partial charge in [-0.15, -0.1) is 0 Å². The maximum Gasteiger partial charge on any atom is 0.234 e. The Morgan fingerprint density at radius 3 is 2.54 bits per heavy atom. The Kier molecular flexibility index (Phi) is 7.00. The third-order valence-corrected chi connectivity index (χ3v) is 6.98. The van der Waals surface area contributed by atoms with Gasteiger partial charge in [-0.1, -0.05) is 17.7 Å². The van der Waals surface area contributed by atoms with E-state index in [0.717, 1.165) is 0 Å². The lowest BCUT2D eigenvalue weighted by Crippen LogP contribution is -2.44. The van der Waals surface area contributed by atoms with Gasteiger partial charge in [-0.2, -0.15) is 0 Å². The van der Waals surface area contributed by atoms with Crippen molar-refractivity contribution in [1.29, 1.82) is 0 Å². The predicted octanol–water partition coefficient (Wildman–Crippen LogP) is 1.56. The van der Waals surface area contributed by atoms with Crippen LogP contribution in [-0.4, -0.2) is 56.3 Å². The van der Waals surface area contributed by atoms with Gasteiger partial charge in [-0.25, -0.2) is 12.8 Å². The van der Waals surface area contributed by atoms with Gasteiger partial charge < -0.3 is 10.2 Å². The summed E-state index contributed by atoms with van der Waals surface area (Å²) in [7, 11) is -2.12. The summed E-state index contributed by atoms with van der Waals surface area (Å²) in [5.74, 6) is -1.66. The number of aryl methyl sites for hydroxylation is 1. The van der Waals surface area contributed by atoms with Crippen molar-refractivity contribution in [2.75, 3.05) is 25.9 Å². The summed E-state index contributed by atoms with van der Waals surface area (Å²) < 4.78 is 37.8. The van der Waals surface area contributed by atoms with Gasteiger partial charge in [-0.05, 0) is 37.0 Å². The lowest BCUT2D eigenvalue weighted by atomic mass is 10.1. The molecule has 0 spiro atoms. The second-order valence-corrected chi connectivity index (χ2v) is 9.00. The molecule has 0 aliphatic carbocycles. The highest BCUT2D eigenvalue weighted by molar-refractivity contribution is 7.92. The van der Waals surface area contributed by atoms with Crippen molar-refractivity contribution in [1.82, 2.24) is 10.2 Å². The number of halogens is 2. The number of benzene rings is 1. The van der Waals surface area contributed by atoms with Crippen LogP contribution in [0, 0.1) is 5.82 Å². The van der Waals surface area contributed by atoms with Gasteiger partial charge in [0.25, 0.3) is 0 Å². The lowest BCUT2D eigenvalue weighted by molar-refractivity contribution is -0.132. The number of nitrogens with one attached hydrogen (secondary N) is 1. The summed E-state index contributed by atoms with van der Waals surface area (Å²) in [5.41, 5.74) is 0.684. The smallest absolute Gasteiger partial charge is 0.234 e. The van der Waals surface area contributed by atoms with Crippen LogP contribution >= 0.6 is 11.6 Å². The summed E-state index contributed by atoms with van der Waals surface area (Å²) >= 11 is 5.63. The lowest BCUT2D eigenvalue weighted by Gasteiger charge is -2.31. The van der Waals surface area contributed by atoms with Gasteiger partial charge in [0.15, 0.2) is 9.84 Å². The van der Waals surface area contributed by atoms with Gasteiger partial charge >= 0.3 is 0 Å². The number of hydrogen-bond acceptors (Lipinski definition) is 4. The highest BCUT2D eigenvalue weighted by atomic mass is 35.5. The van der Waals surface area contributed by atoms with Crippen LogP contribution in [0.2, 0.25) is 5.02 Å². The Labute approximate surface area is 157 Å². The predicted molar refractivity (Wildman–Crippen MR) is 97.2 cm³/mol. The van der Waals surface area contributed by atoms with Crippen molar-refractivity contribution in [2.24, 2.45) is 0 Å². The molecule has 2 amide bonds. The molecule has 6 nitrogen and oxygen atoms in total. The Morgan fingerprint density at radius 2 is 1.96 bits per heavy atom. The first-order valence-electron chi connectivity index (χ1n) is 8.37. The van der Waals surface area contributed by atoms with Crippen molar-refractivity contribution in [2.45, 2.75) is 30.9 Å². The summed E-state index contributed by atoms with van der Waals surface area (Å²) in [6, 6.07) is 4.45. The topological polar surface area (TPSA) is 83.6 Å². The van der Waals surface area contributed by atoms with E-state index in [1.807, 2.05) is 0 Å². The highest BCUT2D eigenvalue weighted by Crippen LogP contribution is 2.20. The molecule has 0 unspecified atom stereocenters. The number of likely N-dealkylation sites (tertiary alicyclic amines) is 1.